The fourth-order valence-corrected chi connectivity index (χ4v) is 2.29. The van der Waals surface area contributed by atoms with Crippen LogP contribution < -0.4 is 0 Å². The lowest BCUT2D eigenvalue weighted by atomic mass is 10.2. The third-order valence-electron chi connectivity index (χ3n) is 2.14. The van der Waals surface area contributed by atoms with Crippen molar-refractivity contribution in [2.24, 2.45) is 5.16 Å². The van der Waals surface area contributed by atoms with Crippen LogP contribution in [0.15, 0.2) is 5.16 Å². The van der Waals surface area contributed by atoms with Gasteiger partial charge in [0.2, 0.25) is 0 Å². The van der Waals surface area contributed by atoms with Crippen molar-refractivity contribution in [3.8, 4) is 0 Å². The van der Waals surface area contributed by atoms with Crippen LogP contribution in [0.3, 0.4) is 0 Å². The summed E-state index contributed by atoms with van der Waals surface area (Å²) < 4.78 is 5.54. The standard InChI is InChI=1S/C13H22N2O2S/c1-9-12(18-11(3)14-9)10(2)15-17-8-7-16-13(4,5)6/h7-8H2,1-6H3/b15-10+. The van der Waals surface area contributed by atoms with Gasteiger partial charge in [0.15, 0.2) is 0 Å². The van der Waals surface area contributed by atoms with Crippen molar-refractivity contribution in [1.82, 2.24) is 4.98 Å². The molecule has 0 aromatic carbocycles. The molecule has 5 heteroatoms. The van der Waals surface area contributed by atoms with E-state index in [0.29, 0.717) is 13.2 Å². The fourth-order valence-electron chi connectivity index (χ4n) is 1.44. The average molecular weight is 270 g/mol. The molecular weight excluding hydrogens is 248 g/mol. The lowest BCUT2D eigenvalue weighted by molar-refractivity contribution is -0.0340. The number of aryl methyl sites for hydroxylation is 2. The fraction of sp³-hybridized carbons (Fsp3) is 0.692. The second-order valence-corrected chi connectivity index (χ2v) is 6.32. The highest BCUT2D eigenvalue weighted by Gasteiger charge is 2.10. The second-order valence-electron chi connectivity index (χ2n) is 5.12. The van der Waals surface area contributed by atoms with Gasteiger partial charge in [0.1, 0.15) is 6.61 Å². The molecule has 0 spiro atoms. The molecule has 0 unspecified atom stereocenters. The minimum atomic E-state index is -0.131. The zero-order chi connectivity index (χ0) is 13.8. The predicted octanol–water partition coefficient (Wildman–Crippen LogP) is 3.32. The maximum absolute atomic E-state index is 5.54. The Morgan fingerprint density at radius 2 is 1.94 bits per heavy atom. The molecule has 0 fully saturated rings. The summed E-state index contributed by atoms with van der Waals surface area (Å²) in [4.78, 5) is 10.7. The van der Waals surface area contributed by atoms with Gasteiger partial charge in [0.25, 0.3) is 0 Å². The van der Waals surface area contributed by atoms with Crippen LogP contribution in [-0.4, -0.2) is 29.5 Å². The van der Waals surface area contributed by atoms with Gasteiger partial charge in [0.05, 0.1) is 33.5 Å². The molecule has 1 aromatic heterocycles. The Balaban J connectivity index is 2.41. The van der Waals surface area contributed by atoms with E-state index < -0.39 is 0 Å². The molecule has 0 saturated heterocycles. The highest BCUT2D eigenvalue weighted by atomic mass is 32.1. The third-order valence-corrected chi connectivity index (χ3v) is 3.32. The van der Waals surface area contributed by atoms with E-state index in [1.165, 1.54) is 0 Å². The van der Waals surface area contributed by atoms with Gasteiger partial charge < -0.3 is 9.57 Å². The summed E-state index contributed by atoms with van der Waals surface area (Å²) in [6.45, 7) is 13.0. The van der Waals surface area contributed by atoms with Crippen molar-refractivity contribution in [1.29, 1.82) is 0 Å². The van der Waals surface area contributed by atoms with Crippen LogP contribution in [-0.2, 0) is 9.57 Å². The number of nitrogens with zero attached hydrogens (tertiary/aromatic N) is 2. The van der Waals surface area contributed by atoms with Crippen molar-refractivity contribution in [3.05, 3.63) is 15.6 Å². The quantitative estimate of drug-likeness (QED) is 0.468. The van der Waals surface area contributed by atoms with Crippen molar-refractivity contribution in [2.45, 2.75) is 47.1 Å². The van der Waals surface area contributed by atoms with Gasteiger partial charge in [-0.25, -0.2) is 4.98 Å². The number of rotatable bonds is 5. The van der Waals surface area contributed by atoms with E-state index in [4.69, 9.17) is 9.57 Å². The van der Waals surface area contributed by atoms with Gasteiger partial charge in [-0.05, 0) is 41.5 Å². The Morgan fingerprint density at radius 3 is 2.44 bits per heavy atom. The summed E-state index contributed by atoms with van der Waals surface area (Å²) in [5, 5.41) is 5.14. The van der Waals surface area contributed by atoms with E-state index in [1.807, 2.05) is 41.5 Å². The van der Waals surface area contributed by atoms with Crippen LogP contribution in [0.4, 0.5) is 0 Å². The second kappa shape index (κ2) is 6.29. The summed E-state index contributed by atoms with van der Waals surface area (Å²) >= 11 is 1.64. The zero-order valence-corrected chi connectivity index (χ0v) is 12.8. The van der Waals surface area contributed by atoms with Gasteiger partial charge in [-0.1, -0.05) is 5.16 Å². The van der Waals surface area contributed by atoms with E-state index in [1.54, 1.807) is 11.3 Å². The normalized spacial score (nSPS) is 12.9. The average Bonchev–Trinajstić information content (AvgIpc) is 2.55. The molecule has 4 nitrogen and oxygen atoms in total. The first kappa shape index (κ1) is 15.1. The molecule has 1 aromatic rings. The van der Waals surface area contributed by atoms with Crippen molar-refractivity contribution in [2.75, 3.05) is 13.2 Å². The van der Waals surface area contributed by atoms with Crippen molar-refractivity contribution < 1.29 is 9.57 Å². The van der Waals surface area contributed by atoms with E-state index in [0.717, 1.165) is 21.3 Å². The number of thiazole rings is 1. The Hall–Kier alpha value is -0.940. The smallest absolute Gasteiger partial charge is 0.140 e. The molecule has 0 radical (unpaired) electrons. The van der Waals surface area contributed by atoms with Crippen LogP contribution in [0.2, 0.25) is 0 Å². The molecule has 0 N–H and O–H groups in total. The van der Waals surface area contributed by atoms with E-state index >= 15 is 0 Å². The van der Waals surface area contributed by atoms with Gasteiger partial charge in [0, 0.05) is 0 Å². The summed E-state index contributed by atoms with van der Waals surface area (Å²) in [6, 6.07) is 0. The maximum atomic E-state index is 5.54. The minimum Gasteiger partial charge on any atom is -0.393 e. The molecule has 0 aliphatic rings. The monoisotopic (exact) mass is 270 g/mol. The SMILES string of the molecule is C/C(=N\OCCOC(C)(C)C)c1sc(C)nc1C. The minimum absolute atomic E-state index is 0.131. The lowest BCUT2D eigenvalue weighted by Gasteiger charge is -2.18. The largest absolute Gasteiger partial charge is 0.393 e. The summed E-state index contributed by atoms with van der Waals surface area (Å²) in [6.07, 6.45) is 0. The van der Waals surface area contributed by atoms with Crippen LogP contribution in [0, 0.1) is 13.8 Å². The summed E-state index contributed by atoms with van der Waals surface area (Å²) in [5.74, 6) is 0. The molecule has 1 heterocycles. The third kappa shape index (κ3) is 5.14. The predicted molar refractivity (Wildman–Crippen MR) is 75.5 cm³/mol. The van der Waals surface area contributed by atoms with E-state index in [2.05, 4.69) is 10.1 Å². The van der Waals surface area contributed by atoms with Crippen LogP contribution in [0.25, 0.3) is 0 Å². The van der Waals surface area contributed by atoms with Crippen molar-refractivity contribution >= 4 is 17.0 Å². The molecular formula is C13H22N2O2S. The number of hydrogen-bond donors (Lipinski definition) is 0. The highest BCUT2D eigenvalue weighted by molar-refractivity contribution is 7.13. The number of aromatic nitrogens is 1. The van der Waals surface area contributed by atoms with Gasteiger partial charge in [-0.15, -0.1) is 11.3 Å². The Kier molecular flexibility index (Phi) is 5.28. The molecule has 0 amide bonds. The molecule has 0 saturated carbocycles. The van der Waals surface area contributed by atoms with Crippen LogP contribution >= 0.6 is 11.3 Å². The van der Waals surface area contributed by atoms with Gasteiger partial charge in [-0.3, -0.25) is 0 Å². The lowest BCUT2D eigenvalue weighted by Crippen LogP contribution is -2.21. The molecule has 1 rings (SSSR count). The highest BCUT2D eigenvalue weighted by Crippen LogP contribution is 2.18. The summed E-state index contributed by atoms with van der Waals surface area (Å²) in [5.41, 5.74) is 1.75. The van der Waals surface area contributed by atoms with Gasteiger partial charge in [-0.2, -0.15) is 0 Å². The topological polar surface area (TPSA) is 43.7 Å². The van der Waals surface area contributed by atoms with Crippen molar-refractivity contribution in [3.63, 3.8) is 0 Å². The Morgan fingerprint density at radius 1 is 1.28 bits per heavy atom. The Labute approximate surface area is 113 Å². The molecule has 18 heavy (non-hydrogen) atoms. The molecule has 0 aliphatic heterocycles. The Bertz CT molecular complexity index is 419. The van der Waals surface area contributed by atoms with Crippen LogP contribution in [0.5, 0.6) is 0 Å². The molecule has 0 atom stereocenters. The first-order chi connectivity index (χ1) is 8.29. The number of ether oxygens (including phenoxy) is 1. The molecule has 0 aliphatic carbocycles. The van der Waals surface area contributed by atoms with E-state index in [-0.39, 0.29) is 5.60 Å². The van der Waals surface area contributed by atoms with E-state index in [9.17, 15) is 0 Å². The van der Waals surface area contributed by atoms with Crippen LogP contribution in [0.1, 0.15) is 43.3 Å². The summed E-state index contributed by atoms with van der Waals surface area (Å²) in [7, 11) is 0. The zero-order valence-electron chi connectivity index (χ0n) is 12.0. The first-order valence-electron chi connectivity index (χ1n) is 6.04. The van der Waals surface area contributed by atoms with Gasteiger partial charge >= 0.3 is 0 Å². The first-order valence-corrected chi connectivity index (χ1v) is 6.86. The molecule has 0 bridgehead atoms. The number of oxime groups is 1. The number of hydrogen-bond acceptors (Lipinski definition) is 5. The maximum Gasteiger partial charge on any atom is 0.140 e. The molecule has 102 valence electrons.